The fourth-order valence-corrected chi connectivity index (χ4v) is 2.96. The summed E-state index contributed by atoms with van der Waals surface area (Å²) < 4.78 is 4.74. The molecule has 2 aromatic heterocycles. The van der Waals surface area contributed by atoms with Gasteiger partial charge in [-0.05, 0) is 45.3 Å². The Labute approximate surface area is 86.6 Å². The third kappa shape index (κ3) is 1.44. The number of rotatable bonds is 1. The van der Waals surface area contributed by atoms with E-state index in [-0.39, 0.29) is 0 Å². The summed E-state index contributed by atoms with van der Waals surface area (Å²) in [6.45, 7) is 2.08. The Morgan fingerprint density at radius 3 is 2.75 bits per heavy atom. The summed E-state index contributed by atoms with van der Waals surface area (Å²) in [4.78, 5) is 4.24. The van der Waals surface area contributed by atoms with Crippen LogP contribution in [0.3, 0.4) is 0 Å². The lowest BCUT2D eigenvalue weighted by atomic mass is 10.2. The zero-order valence-electron chi connectivity index (χ0n) is 6.24. The lowest BCUT2D eigenvalue weighted by Gasteiger charge is -1.89. The van der Waals surface area contributed by atoms with Crippen molar-refractivity contribution in [2.75, 3.05) is 0 Å². The number of aromatic nitrogens is 2. The van der Waals surface area contributed by atoms with Crippen LogP contribution in [0.2, 0.25) is 0 Å². The second-order valence-corrected chi connectivity index (χ2v) is 4.54. The van der Waals surface area contributed by atoms with Crippen molar-refractivity contribution in [2.24, 2.45) is 0 Å². The first-order valence-corrected chi connectivity index (χ1v) is 5.80. The molecule has 0 amide bonds. The molecule has 0 saturated carbocycles. The van der Waals surface area contributed by atoms with Crippen LogP contribution >= 0.6 is 38.8 Å². The van der Waals surface area contributed by atoms with Gasteiger partial charge in [0.1, 0.15) is 5.01 Å². The molecule has 62 valence electrons. The van der Waals surface area contributed by atoms with Crippen LogP contribution in [0.1, 0.15) is 5.56 Å². The fourth-order valence-electron chi connectivity index (χ4n) is 0.895. The topological polar surface area (TPSA) is 25.8 Å². The molecule has 12 heavy (non-hydrogen) atoms. The van der Waals surface area contributed by atoms with Crippen molar-refractivity contribution < 1.29 is 0 Å². The molecule has 0 aliphatic rings. The molecule has 0 aliphatic carbocycles. The van der Waals surface area contributed by atoms with Crippen LogP contribution in [0.25, 0.3) is 10.6 Å². The van der Waals surface area contributed by atoms with E-state index in [0.29, 0.717) is 4.73 Å². The molecule has 0 spiro atoms. The Kier molecular flexibility index (Phi) is 2.25. The first kappa shape index (κ1) is 8.34. The Morgan fingerprint density at radius 2 is 2.25 bits per heavy atom. The average Bonchev–Trinajstić information content (AvgIpc) is 2.58. The highest BCUT2D eigenvalue weighted by Gasteiger charge is 2.07. The molecule has 0 aliphatic heterocycles. The smallest absolute Gasteiger partial charge is 0.209 e. The van der Waals surface area contributed by atoms with Crippen LogP contribution in [0, 0.1) is 6.92 Å². The molecule has 2 aromatic rings. The van der Waals surface area contributed by atoms with Crippen LogP contribution in [-0.2, 0) is 0 Å². The third-order valence-corrected chi connectivity index (χ3v) is 3.69. The molecule has 0 fully saturated rings. The summed E-state index contributed by atoms with van der Waals surface area (Å²) in [5.74, 6) is 0. The zero-order valence-corrected chi connectivity index (χ0v) is 9.46. The normalized spacial score (nSPS) is 10.5. The summed E-state index contributed by atoms with van der Waals surface area (Å²) in [6.07, 6.45) is 0. The molecule has 0 atom stereocenters. The summed E-state index contributed by atoms with van der Waals surface area (Å²) >= 11 is 6.35. The fraction of sp³-hybridized carbons (Fsp3) is 0.143. The average molecular weight is 261 g/mol. The second-order valence-electron chi connectivity index (χ2n) is 2.34. The van der Waals surface area contributed by atoms with Gasteiger partial charge in [-0.3, -0.25) is 0 Å². The molecule has 2 rings (SSSR count). The number of nitrogens with zero attached hydrogens (tertiary/aromatic N) is 2. The Morgan fingerprint density at radius 1 is 1.42 bits per heavy atom. The molecular weight excluding hydrogens is 256 g/mol. The van der Waals surface area contributed by atoms with Crippen molar-refractivity contribution in [3.05, 3.63) is 21.1 Å². The minimum absolute atomic E-state index is 0.674. The predicted octanol–water partition coefficient (Wildman–Crippen LogP) is 3.34. The number of aryl methyl sites for hydroxylation is 1. The van der Waals surface area contributed by atoms with Crippen molar-refractivity contribution in [3.8, 4) is 10.6 Å². The van der Waals surface area contributed by atoms with E-state index in [9.17, 15) is 0 Å². The van der Waals surface area contributed by atoms with Crippen molar-refractivity contribution in [2.45, 2.75) is 6.92 Å². The molecule has 0 aromatic carbocycles. The minimum atomic E-state index is 0.674. The molecule has 2 nitrogen and oxygen atoms in total. The molecular formula is C7H5BrN2S2. The lowest BCUT2D eigenvalue weighted by Crippen LogP contribution is -1.73. The highest BCUT2D eigenvalue weighted by Crippen LogP contribution is 2.28. The largest absolute Gasteiger partial charge is 0.209 e. The van der Waals surface area contributed by atoms with E-state index in [2.05, 4.69) is 43.0 Å². The van der Waals surface area contributed by atoms with E-state index in [1.165, 1.54) is 22.7 Å². The molecule has 0 bridgehead atoms. The maximum atomic E-state index is 4.24. The van der Waals surface area contributed by atoms with E-state index in [1.807, 2.05) is 0 Å². The van der Waals surface area contributed by atoms with Crippen LogP contribution in [0.4, 0.5) is 0 Å². The number of halogens is 1. The van der Waals surface area contributed by atoms with Gasteiger partial charge in [0, 0.05) is 10.9 Å². The van der Waals surface area contributed by atoms with Gasteiger partial charge >= 0.3 is 0 Å². The van der Waals surface area contributed by atoms with E-state index in [4.69, 9.17) is 0 Å². The Hall–Kier alpha value is -0.260. The van der Waals surface area contributed by atoms with Crippen LogP contribution in [0.15, 0.2) is 15.5 Å². The van der Waals surface area contributed by atoms with Crippen LogP contribution in [-0.4, -0.2) is 9.36 Å². The number of hydrogen-bond acceptors (Lipinski definition) is 4. The summed E-state index contributed by atoms with van der Waals surface area (Å²) in [5, 5.41) is 5.20. The van der Waals surface area contributed by atoms with Crippen molar-refractivity contribution in [1.82, 2.24) is 9.36 Å². The van der Waals surface area contributed by atoms with E-state index in [0.717, 1.165) is 5.01 Å². The van der Waals surface area contributed by atoms with Crippen molar-refractivity contribution >= 4 is 38.8 Å². The van der Waals surface area contributed by atoms with Crippen molar-refractivity contribution in [1.29, 1.82) is 0 Å². The Balaban J connectivity index is 2.50. The number of hydrogen-bond donors (Lipinski definition) is 0. The SMILES string of the molecule is Cc1cscc1-c1nc(Br)ns1. The van der Waals surface area contributed by atoms with E-state index < -0.39 is 0 Å². The highest BCUT2D eigenvalue weighted by molar-refractivity contribution is 9.10. The minimum Gasteiger partial charge on any atom is -0.209 e. The van der Waals surface area contributed by atoms with Gasteiger partial charge in [-0.15, -0.1) is 0 Å². The maximum Gasteiger partial charge on any atom is 0.209 e. The maximum absolute atomic E-state index is 4.24. The summed E-state index contributed by atoms with van der Waals surface area (Å²) in [7, 11) is 0. The first-order valence-electron chi connectivity index (χ1n) is 3.30. The van der Waals surface area contributed by atoms with E-state index in [1.54, 1.807) is 11.3 Å². The molecule has 2 heterocycles. The standard InChI is InChI=1S/C7H5BrN2S2/c1-4-2-11-3-5(4)6-9-7(8)10-12-6/h2-3H,1H3. The predicted molar refractivity (Wildman–Crippen MR) is 55.7 cm³/mol. The quantitative estimate of drug-likeness (QED) is 0.786. The highest BCUT2D eigenvalue weighted by atomic mass is 79.9. The zero-order chi connectivity index (χ0) is 8.55. The van der Waals surface area contributed by atoms with Gasteiger partial charge in [-0.25, -0.2) is 4.98 Å². The van der Waals surface area contributed by atoms with Crippen molar-refractivity contribution in [3.63, 3.8) is 0 Å². The molecule has 0 unspecified atom stereocenters. The Bertz CT molecular complexity index is 394. The molecule has 5 heteroatoms. The third-order valence-electron chi connectivity index (χ3n) is 1.49. The van der Waals surface area contributed by atoms with Gasteiger partial charge in [0.2, 0.25) is 4.73 Å². The van der Waals surface area contributed by atoms with Gasteiger partial charge < -0.3 is 0 Å². The second kappa shape index (κ2) is 3.24. The van der Waals surface area contributed by atoms with Gasteiger partial charge in [0.25, 0.3) is 0 Å². The summed E-state index contributed by atoms with van der Waals surface area (Å²) in [5.41, 5.74) is 2.46. The molecule has 0 N–H and O–H groups in total. The van der Waals surface area contributed by atoms with Crippen LogP contribution in [0.5, 0.6) is 0 Å². The lowest BCUT2D eigenvalue weighted by molar-refractivity contribution is 1.26. The monoisotopic (exact) mass is 260 g/mol. The summed E-state index contributed by atoms with van der Waals surface area (Å²) in [6, 6.07) is 0. The van der Waals surface area contributed by atoms with Gasteiger partial charge in [-0.2, -0.15) is 15.7 Å². The van der Waals surface area contributed by atoms with Crippen LogP contribution < -0.4 is 0 Å². The van der Waals surface area contributed by atoms with Gasteiger partial charge in [0.05, 0.1) is 0 Å². The number of thiophene rings is 1. The molecule has 0 radical (unpaired) electrons. The molecule has 0 saturated heterocycles. The van der Waals surface area contributed by atoms with Gasteiger partial charge in [-0.1, -0.05) is 0 Å². The van der Waals surface area contributed by atoms with E-state index >= 15 is 0 Å². The van der Waals surface area contributed by atoms with Gasteiger partial charge in [0.15, 0.2) is 0 Å². The first-order chi connectivity index (χ1) is 5.77.